The fraction of sp³-hybridized carbons (Fsp3) is 0.167. The van der Waals surface area contributed by atoms with E-state index in [9.17, 15) is 22.0 Å². The smallest absolute Gasteiger partial charge is 0.415 e. The van der Waals surface area contributed by atoms with Gasteiger partial charge >= 0.3 is 6.18 Å². The van der Waals surface area contributed by atoms with E-state index in [1.54, 1.807) is 0 Å². The zero-order valence-electron chi connectivity index (χ0n) is 15.2. The number of halogens is 5. The Morgan fingerprint density at radius 2 is 1.80 bits per heavy atom. The predicted molar refractivity (Wildman–Crippen MR) is 97.3 cm³/mol. The summed E-state index contributed by atoms with van der Waals surface area (Å²) in [7, 11) is 0. The quantitative estimate of drug-likeness (QED) is 0.417. The van der Waals surface area contributed by atoms with Crippen LogP contribution in [0.3, 0.4) is 0 Å². The van der Waals surface area contributed by atoms with Gasteiger partial charge in [-0.25, -0.2) is 23.7 Å². The maximum absolute atomic E-state index is 14.0. The molecule has 3 aromatic heterocycles. The van der Waals surface area contributed by atoms with Gasteiger partial charge in [-0.1, -0.05) is 0 Å². The number of nitrogens with zero attached hydrogens (tertiary/aromatic N) is 3. The summed E-state index contributed by atoms with van der Waals surface area (Å²) in [5.74, 6) is -2.80. The van der Waals surface area contributed by atoms with Crippen molar-refractivity contribution in [1.82, 2.24) is 19.9 Å². The van der Waals surface area contributed by atoms with Crippen LogP contribution in [0.5, 0.6) is 0 Å². The summed E-state index contributed by atoms with van der Waals surface area (Å²) in [4.78, 5) is 14.2. The Morgan fingerprint density at radius 1 is 1.10 bits per heavy atom. The number of anilines is 2. The lowest BCUT2D eigenvalue weighted by Crippen LogP contribution is -2.28. The normalized spacial score (nSPS) is 13.0. The zero-order valence-corrected chi connectivity index (χ0v) is 15.2. The Bertz CT molecular complexity index is 1210. The number of aryl methyl sites for hydroxylation is 1. The number of rotatable bonds is 4. The lowest BCUT2D eigenvalue weighted by Gasteiger charge is -2.20. The lowest BCUT2D eigenvalue weighted by atomic mass is 10.1. The number of alkyl halides is 3. The van der Waals surface area contributed by atoms with E-state index in [1.165, 1.54) is 25.5 Å². The molecule has 0 spiro atoms. The van der Waals surface area contributed by atoms with E-state index in [0.29, 0.717) is 17.3 Å². The molecule has 0 bridgehead atoms. The van der Waals surface area contributed by atoms with Crippen LogP contribution in [-0.2, 0) is 0 Å². The van der Waals surface area contributed by atoms with Crippen LogP contribution in [-0.4, -0.2) is 26.1 Å². The maximum atomic E-state index is 14.0. The standard InChI is InChI=1S/C18H13F5N6O/c1-7-10-2-9(19)3-11(20)14(10)30-13(7)15(18(21,22)23)29-17-27-6-12(28-17)8-4-25-16(24)26-5-8/h2-6,15H,1H3,(H2,24,25,26)(H2,27,28,29). The van der Waals surface area contributed by atoms with E-state index >= 15 is 0 Å². The summed E-state index contributed by atoms with van der Waals surface area (Å²) in [6.45, 7) is 1.29. The molecular weight excluding hydrogens is 411 g/mol. The van der Waals surface area contributed by atoms with Crippen LogP contribution in [0.25, 0.3) is 22.2 Å². The first-order valence-electron chi connectivity index (χ1n) is 8.47. The SMILES string of the molecule is Cc1c(C(Nc2ncc(-c3cnc(N)nc3)[nH]2)C(F)(F)F)oc2c(F)cc(F)cc12. The van der Waals surface area contributed by atoms with E-state index in [4.69, 9.17) is 10.2 Å². The average Bonchev–Trinajstić information content (AvgIpc) is 3.25. The molecule has 4 aromatic rings. The number of hydrogen-bond donors (Lipinski definition) is 3. The molecule has 30 heavy (non-hydrogen) atoms. The van der Waals surface area contributed by atoms with Crippen molar-refractivity contribution in [3.63, 3.8) is 0 Å². The second-order valence-electron chi connectivity index (χ2n) is 6.45. The molecule has 0 aliphatic carbocycles. The highest BCUT2D eigenvalue weighted by Crippen LogP contribution is 2.41. The molecule has 1 atom stereocenters. The largest absolute Gasteiger partial charge is 0.455 e. The van der Waals surface area contributed by atoms with Crippen molar-refractivity contribution in [3.8, 4) is 11.3 Å². The average molecular weight is 424 g/mol. The minimum absolute atomic E-state index is 0.0396. The third-order valence-corrected chi connectivity index (χ3v) is 4.42. The molecule has 0 amide bonds. The van der Waals surface area contributed by atoms with Gasteiger partial charge in [0.05, 0.1) is 11.9 Å². The van der Waals surface area contributed by atoms with Gasteiger partial charge in [-0.2, -0.15) is 13.2 Å². The Hall–Kier alpha value is -3.70. The molecule has 0 aliphatic rings. The number of fused-ring (bicyclic) bond motifs is 1. The van der Waals surface area contributed by atoms with E-state index in [1.807, 2.05) is 0 Å². The second-order valence-corrected chi connectivity index (χ2v) is 6.45. The van der Waals surface area contributed by atoms with Crippen LogP contribution in [0.1, 0.15) is 17.4 Å². The summed E-state index contributed by atoms with van der Waals surface area (Å²) in [6.07, 6.45) is -0.792. The van der Waals surface area contributed by atoms with Gasteiger partial charge in [0.25, 0.3) is 0 Å². The predicted octanol–water partition coefficient (Wildman–Crippen LogP) is 4.50. The number of nitrogen functional groups attached to an aromatic ring is 1. The van der Waals surface area contributed by atoms with Crippen LogP contribution < -0.4 is 11.1 Å². The van der Waals surface area contributed by atoms with E-state index in [-0.39, 0.29) is 22.8 Å². The van der Waals surface area contributed by atoms with Crippen LogP contribution in [0, 0.1) is 18.6 Å². The van der Waals surface area contributed by atoms with Gasteiger partial charge in [0.2, 0.25) is 11.9 Å². The Balaban J connectivity index is 1.72. The van der Waals surface area contributed by atoms with Crippen LogP contribution in [0.4, 0.5) is 33.8 Å². The fourth-order valence-corrected chi connectivity index (χ4v) is 2.99. The van der Waals surface area contributed by atoms with Crippen molar-refractivity contribution in [2.24, 2.45) is 0 Å². The molecule has 156 valence electrons. The molecule has 0 radical (unpaired) electrons. The van der Waals surface area contributed by atoms with E-state index < -0.39 is 35.2 Å². The fourth-order valence-electron chi connectivity index (χ4n) is 2.99. The van der Waals surface area contributed by atoms with Crippen LogP contribution in [0.15, 0.2) is 35.1 Å². The van der Waals surface area contributed by atoms with Crippen LogP contribution >= 0.6 is 0 Å². The first kappa shape index (κ1) is 19.6. The lowest BCUT2D eigenvalue weighted by molar-refractivity contribution is -0.147. The molecule has 0 aliphatic heterocycles. The molecule has 7 nitrogen and oxygen atoms in total. The monoisotopic (exact) mass is 424 g/mol. The number of aromatic nitrogens is 4. The molecule has 0 saturated heterocycles. The number of furan rings is 1. The topological polar surface area (TPSA) is 106 Å². The number of aromatic amines is 1. The van der Waals surface area contributed by atoms with E-state index in [2.05, 4.69) is 25.3 Å². The number of benzene rings is 1. The highest BCUT2D eigenvalue weighted by Gasteiger charge is 2.45. The Morgan fingerprint density at radius 3 is 2.47 bits per heavy atom. The van der Waals surface area contributed by atoms with Crippen molar-refractivity contribution in [2.45, 2.75) is 19.1 Å². The first-order valence-corrected chi connectivity index (χ1v) is 8.47. The summed E-state index contributed by atoms with van der Waals surface area (Å²) >= 11 is 0. The number of H-pyrrole nitrogens is 1. The number of imidazole rings is 1. The third-order valence-electron chi connectivity index (χ3n) is 4.42. The number of hydrogen-bond acceptors (Lipinski definition) is 6. The molecule has 3 heterocycles. The van der Waals surface area contributed by atoms with Gasteiger partial charge in [0.1, 0.15) is 11.6 Å². The van der Waals surface area contributed by atoms with Gasteiger partial charge in [-0.15, -0.1) is 0 Å². The van der Waals surface area contributed by atoms with Gasteiger partial charge in [0, 0.05) is 35.0 Å². The highest BCUT2D eigenvalue weighted by molar-refractivity contribution is 5.83. The van der Waals surface area contributed by atoms with Gasteiger partial charge in [0.15, 0.2) is 17.4 Å². The molecule has 4 rings (SSSR count). The van der Waals surface area contributed by atoms with Crippen LogP contribution in [0.2, 0.25) is 0 Å². The minimum atomic E-state index is -4.83. The summed E-state index contributed by atoms with van der Waals surface area (Å²) < 4.78 is 74.0. The van der Waals surface area contributed by atoms with Crippen molar-refractivity contribution in [2.75, 3.05) is 11.1 Å². The molecule has 0 fully saturated rings. The van der Waals surface area contributed by atoms with Crippen molar-refractivity contribution in [1.29, 1.82) is 0 Å². The number of nitrogens with one attached hydrogen (secondary N) is 2. The molecule has 1 unspecified atom stereocenters. The third kappa shape index (κ3) is 3.51. The number of nitrogens with two attached hydrogens (primary N) is 1. The summed E-state index contributed by atoms with van der Waals surface area (Å²) in [6, 6.07) is -0.909. The molecule has 1 aromatic carbocycles. The molecule has 4 N–H and O–H groups in total. The van der Waals surface area contributed by atoms with Gasteiger partial charge in [-0.05, 0) is 13.0 Å². The highest BCUT2D eigenvalue weighted by atomic mass is 19.4. The molecule has 0 saturated carbocycles. The van der Waals surface area contributed by atoms with Crippen molar-refractivity contribution >= 4 is 22.9 Å². The van der Waals surface area contributed by atoms with Gasteiger partial charge < -0.3 is 20.5 Å². The van der Waals surface area contributed by atoms with Crippen molar-refractivity contribution < 1.29 is 26.4 Å². The minimum Gasteiger partial charge on any atom is -0.455 e. The molecular formula is C18H13F5N6O. The van der Waals surface area contributed by atoms with Gasteiger partial charge in [-0.3, -0.25) is 0 Å². The van der Waals surface area contributed by atoms with E-state index in [0.717, 1.165) is 6.07 Å². The maximum Gasteiger partial charge on any atom is 0.415 e. The Kier molecular flexibility index (Phi) is 4.56. The molecule has 12 heteroatoms. The second kappa shape index (κ2) is 6.97. The van der Waals surface area contributed by atoms with Crippen molar-refractivity contribution in [3.05, 3.63) is 53.7 Å². The first-order chi connectivity index (χ1) is 14.1. The zero-order chi connectivity index (χ0) is 21.6. The summed E-state index contributed by atoms with van der Waals surface area (Å²) in [5, 5.41) is 2.12. The Labute approximate surface area is 165 Å². The summed E-state index contributed by atoms with van der Waals surface area (Å²) in [5.41, 5.74) is 5.69.